The van der Waals surface area contributed by atoms with E-state index >= 15 is 0 Å². The van der Waals surface area contributed by atoms with Crippen molar-refractivity contribution < 1.29 is 40.5 Å². The van der Waals surface area contributed by atoms with E-state index in [0.717, 1.165) is 25.7 Å². The van der Waals surface area contributed by atoms with Crippen LogP contribution in [0.4, 0.5) is 0 Å². The molecule has 5 nitrogen and oxygen atoms in total. The Labute approximate surface area is 308 Å². The lowest BCUT2D eigenvalue weighted by molar-refractivity contribution is -0.890. The standard InChI is InChI=1S/C42H76NO4.BrH/c1-5-7-9-11-13-15-17-19-21-23-25-27-29-31-33-35-41(44)46-39-37-43(3,4)38-40-47-42(45)36-34-32-30-28-26-24-22-20-18-16-14-12-10-8-6-2;/h31-32,35-36H,5-30,37-40H2,1-4H3;1H/q+1;/p-1. The summed E-state index contributed by atoms with van der Waals surface area (Å²) in [4.78, 5) is 24.0. The number of carbonyl (C=O) groups excluding carboxylic acids is 2. The number of ether oxygens (including phenoxy) is 2. The molecule has 0 saturated carbocycles. The van der Waals surface area contributed by atoms with E-state index in [0.29, 0.717) is 30.8 Å². The third-order valence-electron chi connectivity index (χ3n) is 8.92. The SMILES string of the molecule is CCCCCCCCCCCCCCC=C=CC(=O)OCC[N+](C)(C)CCOC(=O)C=C=CCCCCCCCCCCCCCC.[Br-]. The highest BCUT2D eigenvalue weighted by atomic mass is 79.9. The summed E-state index contributed by atoms with van der Waals surface area (Å²) < 4.78 is 11.3. The van der Waals surface area contributed by atoms with Crippen LogP contribution in [0, 0.1) is 0 Å². The van der Waals surface area contributed by atoms with Gasteiger partial charge >= 0.3 is 11.9 Å². The molecule has 0 aliphatic carbocycles. The van der Waals surface area contributed by atoms with Crippen LogP contribution >= 0.6 is 0 Å². The molecule has 0 aliphatic rings. The summed E-state index contributed by atoms with van der Waals surface area (Å²) in [6.07, 6.45) is 40.8. The fourth-order valence-electron chi connectivity index (χ4n) is 5.58. The lowest BCUT2D eigenvalue weighted by Crippen LogP contribution is -3.00. The first-order valence-corrected chi connectivity index (χ1v) is 19.9. The molecule has 0 saturated heterocycles. The fraction of sp³-hybridized carbons (Fsp3) is 0.810. The van der Waals surface area contributed by atoms with Crippen LogP contribution in [0.3, 0.4) is 0 Å². The normalized spacial score (nSPS) is 10.8. The van der Waals surface area contributed by atoms with Crippen LogP contribution in [0.1, 0.15) is 181 Å². The smallest absolute Gasteiger partial charge is 0.338 e. The Bertz CT molecular complexity index is 788. The second-order valence-electron chi connectivity index (χ2n) is 14.1. The highest BCUT2D eigenvalue weighted by Gasteiger charge is 2.16. The van der Waals surface area contributed by atoms with Crippen molar-refractivity contribution in [2.24, 2.45) is 0 Å². The van der Waals surface area contributed by atoms with E-state index < -0.39 is 0 Å². The molecule has 280 valence electrons. The van der Waals surface area contributed by atoms with Gasteiger partial charge in [-0.2, -0.15) is 0 Å². The lowest BCUT2D eigenvalue weighted by Gasteiger charge is -2.28. The number of rotatable bonds is 34. The van der Waals surface area contributed by atoms with Gasteiger partial charge in [-0.3, -0.25) is 0 Å². The van der Waals surface area contributed by atoms with Gasteiger partial charge in [0, 0.05) is 0 Å². The van der Waals surface area contributed by atoms with Crippen LogP contribution in [-0.4, -0.2) is 56.8 Å². The summed E-state index contributed by atoms with van der Waals surface area (Å²) in [5, 5.41) is 0. The van der Waals surface area contributed by atoms with E-state index in [1.165, 1.54) is 153 Å². The fourth-order valence-corrected chi connectivity index (χ4v) is 5.58. The second-order valence-corrected chi connectivity index (χ2v) is 14.1. The molecule has 0 aromatic rings. The van der Waals surface area contributed by atoms with Crippen LogP contribution in [0.5, 0.6) is 0 Å². The summed E-state index contributed by atoms with van der Waals surface area (Å²) >= 11 is 0. The van der Waals surface area contributed by atoms with Crippen molar-refractivity contribution in [2.75, 3.05) is 40.4 Å². The number of unbranched alkanes of at least 4 members (excludes halogenated alkanes) is 24. The number of nitrogens with zero attached hydrogens (tertiary/aromatic N) is 1. The number of quaternary nitrogens is 1. The minimum absolute atomic E-state index is 0. The van der Waals surface area contributed by atoms with Gasteiger partial charge in [0.05, 0.1) is 26.2 Å². The maximum Gasteiger partial charge on any atom is 0.338 e. The topological polar surface area (TPSA) is 52.6 Å². The Morgan fingerprint density at radius 1 is 0.479 bits per heavy atom. The molecular weight excluding hydrogens is 662 g/mol. The van der Waals surface area contributed by atoms with Gasteiger partial charge in [0.15, 0.2) is 0 Å². The quantitative estimate of drug-likeness (QED) is 0.0218. The van der Waals surface area contributed by atoms with Crippen LogP contribution in [-0.2, 0) is 19.1 Å². The molecular formula is C42H76BrNO4. The summed E-state index contributed by atoms with van der Waals surface area (Å²) in [7, 11) is 4.08. The van der Waals surface area contributed by atoms with Crippen molar-refractivity contribution in [2.45, 2.75) is 181 Å². The van der Waals surface area contributed by atoms with Crippen molar-refractivity contribution in [1.82, 2.24) is 0 Å². The zero-order valence-corrected chi connectivity index (χ0v) is 33.6. The third kappa shape index (κ3) is 38.9. The average molecular weight is 739 g/mol. The predicted octanol–water partition coefficient (Wildman–Crippen LogP) is 8.76. The third-order valence-corrected chi connectivity index (χ3v) is 8.92. The molecule has 6 heteroatoms. The minimum Gasteiger partial charge on any atom is -1.00 e. The molecule has 0 aromatic heterocycles. The van der Waals surface area contributed by atoms with E-state index in [1.807, 2.05) is 26.2 Å². The molecule has 0 unspecified atom stereocenters. The largest absolute Gasteiger partial charge is 1.00 e. The minimum atomic E-state index is -0.359. The van der Waals surface area contributed by atoms with Gasteiger partial charge in [0.1, 0.15) is 26.3 Å². The molecule has 0 atom stereocenters. The first-order chi connectivity index (χ1) is 22.9. The number of hydrogen-bond acceptors (Lipinski definition) is 4. The van der Waals surface area contributed by atoms with Gasteiger partial charge in [-0.1, -0.05) is 155 Å². The van der Waals surface area contributed by atoms with Crippen molar-refractivity contribution >= 4 is 11.9 Å². The zero-order chi connectivity index (χ0) is 34.5. The van der Waals surface area contributed by atoms with Crippen LogP contribution in [0.25, 0.3) is 0 Å². The Hall–Kier alpha value is -1.58. The Morgan fingerprint density at radius 2 is 0.750 bits per heavy atom. The van der Waals surface area contributed by atoms with Crippen LogP contribution in [0.2, 0.25) is 0 Å². The van der Waals surface area contributed by atoms with E-state index in [4.69, 9.17) is 9.47 Å². The van der Waals surface area contributed by atoms with E-state index in [9.17, 15) is 9.59 Å². The number of hydrogen-bond donors (Lipinski definition) is 0. The molecule has 0 aromatic carbocycles. The molecule has 0 bridgehead atoms. The van der Waals surface area contributed by atoms with Crippen molar-refractivity contribution in [3.05, 3.63) is 35.8 Å². The van der Waals surface area contributed by atoms with Gasteiger partial charge < -0.3 is 30.9 Å². The maximum atomic E-state index is 12.0. The van der Waals surface area contributed by atoms with Gasteiger partial charge in [-0.15, -0.1) is 11.5 Å². The molecule has 0 spiro atoms. The number of carbonyl (C=O) groups is 2. The number of esters is 2. The summed E-state index contributed by atoms with van der Waals surface area (Å²) in [5.74, 6) is -0.717. The van der Waals surface area contributed by atoms with E-state index in [2.05, 4.69) is 25.3 Å². The molecule has 0 radical (unpaired) electrons. The van der Waals surface area contributed by atoms with Crippen molar-refractivity contribution in [3.8, 4) is 0 Å². The first kappa shape index (κ1) is 48.5. The van der Waals surface area contributed by atoms with Gasteiger partial charge in [0.2, 0.25) is 0 Å². The van der Waals surface area contributed by atoms with Crippen LogP contribution in [0.15, 0.2) is 35.8 Å². The maximum absolute atomic E-state index is 12.0. The predicted molar refractivity (Wildman–Crippen MR) is 200 cm³/mol. The second kappa shape index (κ2) is 38.2. The number of likely N-dealkylation sites (N-methyl/N-ethyl adjacent to an activating group) is 1. The summed E-state index contributed by atoms with van der Waals surface area (Å²) in [6, 6.07) is 0. The summed E-state index contributed by atoms with van der Waals surface area (Å²) in [6.45, 7) is 6.47. The molecule has 0 amide bonds. The van der Waals surface area contributed by atoms with Gasteiger partial charge in [-0.25, -0.2) is 9.59 Å². The zero-order valence-electron chi connectivity index (χ0n) is 32.0. The van der Waals surface area contributed by atoms with E-state index in [-0.39, 0.29) is 28.9 Å². The van der Waals surface area contributed by atoms with Gasteiger partial charge in [0.25, 0.3) is 0 Å². The molecule has 0 aliphatic heterocycles. The lowest BCUT2D eigenvalue weighted by atomic mass is 10.0. The van der Waals surface area contributed by atoms with Gasteiger partial charge in [-0.05, 0) is 37.8 Å². The van der Waals surface area contributed by atoms with Crippen molar-refractivity contribution in [3.63, 3.8) is 0 Å². The van der Waals surface area contributed by atoms with E-state index in [1.54, 1.807) is 0 Å². The molecule has 0 N–H and O–H groups in total. The highest BCUT2D eigenvalue weighted by Crippen LogP contribution is 2.14. The Balaban J connectivity index is 0. The Morgan fingerprint density at radius 3 is 1.04 bits per heavy atom. The number of halogens is 1. The summed E-state index contributed by atoms with van der Waals surface area (Å²) in [5.41, 5.74) is 5.94. The highest BCUT2D eigenvalue weighted by molar-refractivity contribution is 5.82. The molecule has 48 heavy (non-hydrogen) atoms. The monoisotopic (exact) mass is 737 g/mol. The Kier molecular flexibility index (Phi) is 38.7. The molecule has 0 rings (SSSR count). The van der Waals surface area contributed by atoms with Crippen molar-refractivity contribution in [1.29, 1.82) is 0 Å². The molecule has 0 heterocycles. The van der Waals surface area contributed by atoms with Crippen LogP contribution < -0.4 is 17.0 Å². The molecule has 0 fully saturated rings. The average Bonchev–Trinajstić information content (AvgIpc) is 3.04. The first-order valence-electron chi connectivity index (χ1n) is 19.9.